The van der Waals surface area contributed by atoms with Crippen molar-refractivity contribution >= 4 is 33.2 Å². The molecule has 0 unspecified atom stereocenters. The molecule has 1 aromatic carbocycles. The normalized spacial score (nSPS) is 10.5. The Kier molecular flexibility index (Phi) is 4.26. The second kappa shape index (κ2) is 5.75. The molecule has 0 aliphatic rings. The van der Waals surface area contributed by atoms with Crippen molar-refractivity contribution in [3.63, 3.8) is 0 Å². The average molecular weight is 350 g/mol. The van der Waals surface area contributed by atoms with Gasteiger partial charge in [-0.25, -0.2) is 13.2 Å². The minimum absolute atomic E-state index is 0.232. The van der Waals surface area contributed by atoms with Crippen molar-refractivity contribution in [2.45, 2.75) is 6.54 Å². The van der Waals surface area contributed by atoms with Gasteiger partial charge in [0.25, 0.3) is 5.91 Å². The zero-order valence-corrected chi connectivity index (χ0v) is 11.7. The summed E-state index contributed by atoms with van der Waals surface area (Å²) in [6.07, 6.45) is 0. The molecule has 100 valence electrons. The first-order chi connectivity index (χ1) is 8.97. The van der Waals surface area contributed by atoms with Gasteiger partial charge in [-0.05, 0) is 40.2 Å². The zero-order valence-electron chi connectivity index (χ0n) is 9.34. The smallest absolute Gasteiger partial charge is 0.251 e. The Labute approximate surface area is 119 Å². The number of hydrogen-bond acceptors (Lipinski definition) is 2. The second-order valence-electron chi connectivity index (χ2n) is 3.64. The molecule has 0 aliphatic carbocycles. The predicted molar refractivity (Wildman–Crippen MR) is 69.5 cm³/mol. The largest absolute Gasteiger partial charge is 0.347 e. The van der Waals surface area contributed by atoms with Crippen LogP contribution >= 0.6 is 27.3 Å². The Hall–Kier alpha value is -1.34. The number of thiophene rings is 1. The van der Waals surface area contributed by atoms with Crippen LogP contribution in [-0.4, -0.2) is 5.91 Å². The van der Waals surface area contributed by atoms with Crippen molar-refractivity contribution in [2.75, 3.05) is 0 Å². The molecule has 2 nitrogen and oxygen atoms in total. The van der Waals surface area contributed by atoms with Crippen LogP contribution in [0.5, 0.6) is 0 Å². The Bertz CT molecular complexity index is 606. The molecule has 1 heterocycles. The summed E-state index contributed by atoms with van der Waals surface area (Å²) in [5, 5.41) is 2.50. The maximum absolute atomic E-state index is 13.0. The molecule has 1 N–H and O–H groups in total. The van der Waals surface area contributed by atoms with Gasteiger partial charge in [-0.1, -0.05) is 0 Å². The van der Waals surface area contributed by atoms with Crippen LogP contribution < -0.4 is 5.32 Å². The van der Waals surface area contributed by atoms with E-state index >= 15 is 0 Å². The van der Waals surface area contributed by atoms with Crippen LogP contribution in [0.15, 0.2) is 28.1 Å². The van der Waals surface area contributed by atoms with Crippen LogP contribution in [0, 0.1) is 17.5 Å². The van der Waals surface area contributed by atoms with Crippen LogP contribution in [0.1, 0.15) is 15.2 Å². The Morgan fingerprint density at radius 3 is 2.37 bits per heavy atom. The van der Waals surface area contributed by atoms with Gasteiger partial charge in [0.2, 0.25) is 0 Å². The molecule has 1 aromatic heterocycles. The third-order valence-corrected chi connectivity index (χ3v) is 3.92. The van der Waals surface area contributed by atoms with E-state index in [0.29, 0.717) is 12.1 Å². The molecular weight excluding hydrogens is 343 g/mol. The Balaban J connectivity index is 2.08. The molecule has 0 spiro atoms. The third kappa shape index (κ3) is 3.36. The molecular formula is C12H7BrF3NOS. The van der Waals surface area contributed by atoms with Gasteiger partial charge in [-0.3, -0.25) is 4.79 Å². The van der Waals surface area contributed by atoms with Crippen molar-refractivity contribution in [3.05, 3.63) is 55.9 Å². The number of amides is 1. The summed E-state index contributed by atoms with van der Waals surface area (Å²) in [6, 6.07) is 4.96. The van der Waals surface area contributed by atoms with Crippen LogP contribution in [0.25, 0.3) is 0 Å². The summed E-state index contributed by atoms with van der Waals surface area (Å²) < 4.78 is 39.6. The number of nitrogens with one attached hydrogen (secondary N) is 1. The highest BCUT2D eigenvalue weighted by molar-refractivity contribution is 9.11. The lowest BCUT2D eigenvalue weighted by Crippen LogP contribution is -2.22. The average Bonchev–Trinajstić information content (AvgIpc) is 2.78. The number of carbonyl (C=O) groups is 1. The summed E-state index contributed by atoms with van der Waals surface area (Å²) in [4.78, 5) is 12.5. The first kappa shape index (κ1) is 14.1. The molecule has 19 heavy (non-hydrogen) atoms. The van der Waals surface area contributed by atoms with E-state index in [2.05, 4.69) is 21.2 Å². The second-order valence-corrected chi connectivity index (χ2v) is 6.19. The molecule has 0 atom stereocenters. The van der Waals surface area contributed by atoms with Gasteiger partial charge in [-0.2, -0.15) is 0 Å². The van der Waals surface area contributed by atoms with Crippen LogP contribution in [0.4, 0.5) is 13.2 Å². The van der Waals surface area contributed by atoms with Gasteiger partial charge >= 0.3 is 0 Å². The molecule has 0 fully saturated rings. The Morgan fingerprint density at radius 1 is 1.21 bits per heavy atom. The summed E-state index contributed by atoms with van der Waals surface area (Å²) in [5.41, 5.74) is -0.257. The van der Waals surface area contributed by atoms with Crippen molar-refractivity contribution in [1.82, 2.24) is 5.32 Å². The summed E-state index contributed by atoms with van der Waals surface area (Å²) in [7, 11) is 0. The first-order valence-electron chi connectivity index (χ1n) is 5.14. The summed E-state index contributed by atoms with van der Waals surface area (Å²) >= 11 is 4.70. The van der Waals surface area contributed by atoms with E-state index in [1.807, 2.05) is 6.07 Å². The Morgan fingerprint density at radius 2 is 1.84 bits per heavy atom. The van der Waals surface area contributed by atoms with Crippen molar-refractivity contribution in [2.24, 2.45) is 0 Å². The number of benzene rings is 1. The number of hydrogen-bond donors (Lipinski definition) is 1. The molecule has 1 amide bonds. The summed E-state index contributed by atoms with van der Waals surface area (Å²) in [5.74, 6) is -5.02. The van der Waals surface area contributed by atoms with Crippen molar-refractivity contribution in [1.29, 1.82) is 0 Å². The lowest BCUT2D eigenvalue weighted by molar-refractivity contribution is 0.0950. The minimum Gasteiger partial charge on any atom is -0.347 e. The van der Waals surface area contributed by atoms with Crippen LogP contribution in [0.2, 0.25) is 0 Å². The first-order valence-corrected chi connectivity index (χ1v) is 6.75. The number of rotatable bonds is 3. The molecule has 0 saturated carbocycles. The third-order valence-electron chi connectivity index (χ3n) is 2.30. The van der Waals surface area contributed by atoms with Gasteiger partial charge < -0.3 is 5.32 Å². The zero-order chi connectivity index (χ0) is 14.0. The van der Waals surface area contributed by atoms with E-state index in [4.69, 9.17) is 0 Å². The maximum atomic E-state index is 13.0. The van der Waals surface area contributed by atoms with E-state index in [0.717, 1.165) is 8.66 Å². The van der Waals surface area contributed by atoms with Crippen molar-refractivity contribution < 1.29 is 18.0 Å². The molecule has 0 aliphatic heterocycles. The maximum Gasteiger partial charge on any atom is 0.251 e. The quantitative estimate of drug-likeness (QED) is 0.837. The number of halogens is 4. The number of carbonyl (C=O) groups excluding carboxylic acids is 1. The van der Waals surface area contributed by atoms with Gasteiger partial charge in [0.05, 0.1) is 10.3 Å². The fraction of sp³-hybridized carbons (Fsp3) is 0.0833. The van der Waals surface area contributed by atoms with E-state index in [-0.39, 0.29) is 12.1 Å². The molecule has 7 heteroatoms. The molecule has 0 bridgehead atoms. The predicted octanol–water partition coefficient (Wildman–Crippen LogP) is 3.86. The highest BCUT2D eigenvalue weighted by atomic mass is 79.9. The van der Waals surface area contributed by atoms with Crippen LogP contribution in [0.3, 0.4) is 0 Å². The van der Waals surface area contributed by atoms with Gasteiger partial charge in [-0.15, -0.1) is 11.3 Å². The van der Waals surface area contributed by atoms with Gasteiger partial charge in [0.15, 0.2) is 17.5 Å². The minimum atomic E-state index is -1.58. The van der Waals surface area contributed by atoms with Crippen molar-refractivity contribution in [3.8, 4) is 0 Å². The molecule has 2 aromatic rings. The lowest BCUT2D eigenvalue weighted by atomic mass is 10.2. The standard InChI is InChI=1S/C12H7BrF3NOS/c13-10-2-1-7(19-10)5-17-12(18)6-3-8(14)11(16)9(15)4-6/h1-4H,5H2,(H,17,18). The molecule has 0 radical (unpaired) electrons. The van der Waals surface area contributed by atoms with E-state index < -0.39 is 23.4 Å². The molecule has 0 saturated heterocycles. The van der Waals surface area contributed by atoms with E-state index in [1.54, 1.807) is 6.07 Å². The highest BCUT2D eigenvalue weighted by Crippen LogP contribution is 2.22. The lowest BCUT2D eigenvalue weighted by Gasteiger charge is -2.04. The molecule has 2 rings (SSSR count). The van der Waals surface area contributed by atoms with Gasteiger partial charge in [0, 0.05) is 10.4 Å². The fourth-order valence-corrected chi connectivity index (χ4v) is 2.83. The SMILES string of the molecule is O=C(NCc1ccc(Br)s1)c1cc(F)c(F)c(F)c1. The van der Waals surface area contributed by atoms with E-state index in [1.165, 1.54) is 11.3 Å². The van der Waals surface area contributed by atoms with Crippen LogP contribution in [-0.2, 0) is 6.54 Å². The fourth-order valence-electron chi connectivity index (χ4n) is 1.40. The summed E-state index contributed by atoms with van der Waals surface area (Å²) in [6.45, 7) is 0.232. The topological polar surface area (TPSA) is 29.1 Å². The van der Waals surface area contributed by atoms with Gasteiger partial charge in [0.1, 0.15) is 0 Å². The monoisotopic (exact) mass is 349 g/mol. The highest BCUT2D eigenvalue weighted by Gasteiger charge is 2.14. The van der Waals surface area contributed by atoms with E-state index in [9.17, 15) is 18.0 Å².